The molecule has 1 unspecified atom stereocenters. The van der Waals surface area contributed by atoms with Crippen LogP contribution in [0.4, 0.5) is 39.5 Å². The molecular formula is C23H31F9O4. The van der Waals surface area contributed by atoms with E-state index < -0.39 is 54.0 Å². The topological polar surface area (TPSA) is 44.8 Å². The fourth-order valence-corrected chi connectivity index (χ4v) is 4.46. The van der Waals surface area contributed by atoms with Crippen molar-refractivity contribution < 1.29 is 58.5 Å². The predicted octanol–water partition coefficient (Wildman–Crippen LogP) is 7.07. The van der Waals surface area contributed by atoms with Gasteiger partial charge in [-0.25, -0.2) is 4.79 Å². The van der Waals surface area contributed by atoms with Crippen molar-refractivity contribution in [2.24, 2.45) is 11.3 Å². The largest absolute Gasteiger partial charge is 0.463 e. The lowest BCUT2D eigenvalue weighted by atomic mass is 9.69. The molecule has 1 fully saturated rings. The Morgan fingerprint density at radius 2 is 1.61 bits per heavy atom. The van der Waals surface area contributed by atoms with Gasteiger partial charge in [0.1, 0.15) is 0 Å². The second-order valence-electron chi connectivity index (χ2n) is 9.92. The number of carbonyl (C=O) groups excluding carboxylic acids is 1. The second-order valence-corrected chi connectivity index (χ2v) is 9.92. The zero-order chi connectivity index (χ0) is 27.6. The number of alkyl halides is 9. The van der Waals surface area contributed by atoms with Crippen LogP contribution in [0.5, 0.6) is 0 Å². The molecule has 1 atom stereocenters. The Bertz CT molecular complexity index is 800. The maximum absolute atomic E-state index is 14.7. The maximum Gasteiger partial charge on any atom is 0.460 e. The molecule has 0 radical (unpaired) electrons. The van der Waals surface area contributed by atoms with E-state index >= 15 is 0 Å². The average molecular weight is 542 g/mol. The van der Waals surface area contributed by atoms with Gasteiger partial charge in [-0.15, -0.1) is 0 Å². The lowest BCUT2D eigenvalue weighted by Gasteiger charge is -2.39. The van der Waals surface area contributed by atoms with Crippen LogP contribution in [0, 0.1) is 11.3 Å². The monoisotopic (exact) mass is 542 g/mol. The number of hydrogen-bond acceptors (Lipinski definition) is 4. The number of halogens is 9. The Morgan fingerprint density at radius 3 is 2.14 bits per heavy atom. The van der Waals surface area contributed by atoms with Crippen LogP contribution in [0.25, 0.3) is 0 Å². The van der Waals surface area contributed by atoms with Crippen molar-refractivity contribution in [1.29, 1.82) is 0 Å². The van der Waals surface area contributed by atoms with E-state index in [1.165, 1.54) is 6.92 Å². The number of ether oxygens (including phenoxy) is 3. The van der Waals surface area contributed by atoms with Crippen molar-refractivity contribution in [2.75, 3.05) is 19.8 Å². The first-order chi connectivity index (χ1) is 16.4. The van der Waals surface area contributed by atoms with E-state index in [4.69, 9.17) is 14.2 Å². The number of rotatable bonds is 10. The molecule has 0 amide bonds. The minimum absolute atomic E-state index is 0.00520. The van der Waals surface area contributed by atoms with Crippen molar-refractivity contribution in [3.8, 4) is 0 Å². The molecule has 13 heteroatoms. The van der Waals surface area contributed by atoms with E-state index in [2.05, 4.69) is 0 Å². The SMILES string of the molecule is CCOC(=O)C1=C(C(CCC2OCCCO2)CC(F)(F)C(F)(F)C(F)(F)C(F)(F)F)CCC(C)(C)C1. The molecular weight excluding hydrogens is 511 g/mol. The highest BCUT2D eigenvalue weighted by atomic mass is 19.4. The summed E-state index contributed by atoms with van der Waals surface area (Å²) in [5.41, 5.74) is -0.540. The van der Waals surface area contributed by atoms with Crippen LogP contribution < -0.4 is 0 Å². The van der Waals surface area contributed by atoms with Gasteiger partial charge < -0.3 is 14.2 Å². The first kappa shape index (κ1) is 30.7. The fourth-order valence-electron chi connectivity index (χ4n) is 4.46. The van der Waals surface area contributed by atoms with Gasteiger partial charge in [0.2, 0.25) is 0 Å². The summed E-state index contributed by atoms with van der Waals surface area (Å²) in [4.78, 5) is 12.6. The standard InChI is InChI=1S/C23H31F9O4/c1-4-34-18(33)16-13-19(2,3)9-8-15(16)14(6-7-17-35-10-5-11-36-17)12-20(24,25)21(26,27)22(28,29)23(30,31)32/h14,17H,4-13H2,1-3H3. The van der Waals surface area contributed by atoms with Crippen molar-refractivity contribution in [3.05, 3.63) is 11.1 Å². The van der Waals surface area contributed by atoms with Gasteiger partial charge in [0, 0.05) is 12.0 Å². The van der Waals surface area contributed by atoms with Crippen molar-refractivity contribution in [1.82, 2.24) is 0 Å². The first-order valence-electron chi connectivity index (χ1n) is 11.7. The third-order valence-corrected chi connectivity index (χ3v) is 6.49. The predicted molar refractivity (Wildman–Crippen MR) is 110 cm³/mol. The van der Waals surface area contributed by atoms with E-state index in [1.807, 2.05) is 0 Å². The van der Waals surface area contributed by atoms with Crippen LogP contribution in [0.15, 0.2) is 11.1 Å². The highest BCUT2D eigenvalue weighted by Gasteiger charge is 2.81. The molecule has 4 nitrogen and oxygen atoms in total. The van der Waals surface area contributed by atoms with Crippen LogP contribution in [0.3, 0.4) is 0 Å². The molecule has 0 spiro atoms. The summed E-state index contributed by atoms with van der Waals surface area (Å²) in [7, 11) is 0. The van der Waals surface area contributed by atoms with Crippen LogP contribution in [-0.4, -0.2) is 56.0 Å². The maximum atomic E-state index is 14.7. The van der Waals surface area contributed by atoms with Gasteiger partial charge >= 0.3 is 29.9 Å². The number of hydrogen-bond donors (Lipinski definition) is 0. The van der Waals surface area contributed by atoms with E-state index in [1.54, 1.807) is 13.8 Å². The van der Waals surface area contributed by atoms with Crippen molar-refractivity contribution >= 4 is 5.97 Å². The van der Waals surface area contributed by atoms with Crippen LogP contribution in [0.2, 0.25) is 0 Å². The summed E-state index contributed by atoms with van der Waals surface area (Å²) in [6, 6.07) is 0. The van der Waals surface area contributed by atoms with Gasteiger partial charge in [0.25, 0.3) is 0 Å². The summed E-state index contributed by atoms with van der Waals surface area (Å²) in [6.07, 6.45) is -9.38. The molecule has 36 heavy (non-hydrogen) atoms. The molecule has 0 saturated carbocycles. The highest BCUT2D eigenvalue weighted by Crippen LogP contribution is 2.56. The van der Waals surface area contributed by atoms with Crippen molar-refractivity contribution in [2.45, 2.75) is 96.0 Å². The lowest BCUT2D eigenvalue weighted by Crippen LogP contribution is -2.61. The van der Waals surface area contributed by atoms with Gasteiger partial charge in [-0.1, -0.05) is 19.4 Å². The summed E-state index contributed by atoms with van der Waals surface area (Å²) in [5.74, 6) is -22.0. The van der Waals surface area contributed by atoms with Gasteiger partial charge in [-0.2, -0.15) is 39.5 Å². The molecule has 0 aromatic rings. The molecule has 2 aliphatic rings. The Hall–Kier alpha value is -1.50. The zero-order valence-corrected chi connectivity index (χ0v) is 20.3. The van der Waals surface area contributed by atoms with Crippen molar-refractivity contribution in [3.63, 3.8) is 0 Å². The highest BCUT2D eigenvalue weighted by molar-refractivity contribution is 5.89. The minimum Gasteiger partial charge on any atom is -0.463 e. The number of allylic oxidation sites excluding steroid dienone is 1. The molecule has 1 heterocycles. The quantitative estimate of drug-likeness (QED) is 0.219. The molecule has 0 aromatic carbocycles. The second kappa shape index (κ2) is 11.1. The molecule has 1 aliphatic heterocycles. The van der Waals surface area contributed by atoms with E-state index in [9.17, 15) is 44.3 Å². The molecule has 0 bridgehead atoms. The molecule has 0 aromatic heterocycles. The Morgan fingerprint density at radius 1 is 1.03 bits per heavy atom. The Labute approximate surface area is 203 Å². The zero-order valence-electron chi connectivity index (χ0n) is 20.3. The van der Waals surface area contributed by atoms with Crippen LogP contribution in [0.1, 0.15) is 65.7 Å². The van der Waals surface area contributed by atoms with Crippen LogP contribution in [-0.2, 0) is 19.0 Å². The summed E-state index contributed by atoms with van der Waals surface area (Å²) in [6.45, 7) is 5.56. The first-order valence-corrected chi connectivity index (χ1v) is 11.7. The lowest BCUT2D eigenvalue weighted by molar-refractivity contribution is -0.397. The summed E-state index contributed by atoms with van der Waals surface area (Å²) >= 11 is 0. The summed E-state index contributed by atoms with van der Waals surface area (Å²) < 4.78 is 138. The van der Waals surface area contributed by atoms with Gasteiger partial charge in [0.15, 0.2) is 6.29 Å². The fraction of sp³-hybridized carbons (Fsp3) is 0.870. The van der Waals surface area contributed by atoms with E-state index in [0.717, 1.165) is 0 Å². The van der Waals surface area contributed by atoms with Crippen LogP contribution >= 0.6 is 0 Å². The Balaban J connectivity index is 2.48. The third-order valence-electron chi connectivity index (χ3n) is 6.49. The molecule has 1 aliphatic carbocycles. The third kappa shape index (κ3) is 6.68. The minimum atomic E-state index is -6.98. The van der Waals surface area contributed by atoms with E-state index in [0.29, 0.717) is 12.8 Å². The van der Waals surface area contributed by atoms with Gasteiger partial charge in [-0.05, 0) is 56.8 Å². The van der Waals surface area contributed by atoms with E-state index in [-0.39, 0.29) is 56.7 Å². The van der Waals surface area contributed by atoms with Gasteiger partial charge in [0.05, 0.1) is 19.8 Å². The average Bonchev–Trinajstić information content (AvgIpc) is 2.76. The van der Waals surface area contributed by atoms with Gasteiger partial charge in [-0.3, -0.25) is 0 Å². The Kier molecular flexibility index (Phi) is 9.46. The number of carbonyl (C=O) groups is 1. The normalized spacial score (nSPS) is 21.4. The molecule has 1 saturated heterocycles. The number of esters is 1. The molecule has 0 N–H and O–H groups in total. The molecule has 210 valence electrons. The summed E-state index contributed by atoms with van der Waals surface area (Å²) in [5, 5.41) is 0. The molecule has 2 rings (SSSR count). The smallest absolute Gasteiger partial charge is 0.460 e.